The molecule has 1 aromatic carbocycles. The molecule has 4 aromatic rings. The van der Waals surface area contributed by atoms with E-state index in [1.807, 2.05) is 56.0 Å². The van der Waals surface area contributed by atoms with E-state index in [-0.39, 0.29) is 0 Å². The smallest absolute Gasteiger partial charge is 0.163 e. The van der Waals surface area contributed by atoms with E-state index in [0.717, 1.165) is 59.9 Å². The fraction of sp³-hybridized carbons (Fsp3) is 0.250. The highest BCUT2D eigenvalue weighted by Crippen LogP contribution is 2.25. The number of anilines is 1. The Kier molecular flexibility index (Phi) is 4.64. The van der Waals surface area contributed by atoms with E-state index in [1.54, 1.807) is 0 Å². The zero-order valence-electron chi connectivity index (χ0n) is 14.8. The summed E-state index contributed by atoms with van der Waals surface area (Å²) in [6.45, 7) is 3.90. The lowest BCUT2D eigenvalue weighted by atomic mass is 10.2. The third-order valence-electron chi connectivity index (χ3n) is 4.35. The first-order valence-corrected chi connectivity index (χ1v) is 8.92. The van der Waals surface area contributed by atoms with Gasteiger partial charge in [-0.15, -0.1) is 0 Å². The molecular weight excluding hydrogens is 324 g/mol. The Hall–Kier alpha value is -3.15. The molecule has 0 aliphatic heterocycles. The van der Waals surface area contributed by atoms with Gasteiger partial charge in [-0.1, -0.05) is 30.3 Å². The molecule has 0 bridgehead atoms. The summed E-state index contributed by atoms with van der Waals surface area (Å²) in [5, 5.41) is 4.53. The Balaban J connectivity index is 1.49. The number of fused-ring (bicyclic) bond motifs is 1. The van der Waals surface area contributed by atoms with Crippen molar-refractivity contribution >= 4 is 16.9 Å². The first-order valence-electron chi connectivity index (χ1n) is 8.92. The topological polar surface area (TPSA) is 71.4 Å². The monoisotopic (exact) mass is 346 g/mol. The summed E-state index contributed by atoms with van der Waals surface area (Å²) in [6.07, 6.45) is 7.82. The van der Waals surface area contributed by atoms with Crippen LogP contribution >= 0.6 is 0 Å². The van der Waals surface area contributed by atoms with Crippen LogP contribution in [0, 0.1) is 6.92 Å². The van der Waals surface area contributed by atoms with Gasteiger partial charge in [-0.05, 0) is 25.8 Å². The molecule has 26 heavy (non-hydrogen) atoms. The Morgan fingerprint density at radius 2 is 2.00 bits per heavy atom. The molecule has 0 amide bonds. The molecule has 0 unspecified atom stereocenters. The molecule has 0 radical (unpaired) electrons. The predicted octanol–water partition coefficient (Wildman–Crippen LogP) is 4.02. The van der Waals surface area contributed by atoms with Crippen LogP contribution in [0.2, 0.25) is 0 Å². The Morgan fingerprint density at radius 3 is 2.81 bits per heavy atom. The largest absolute Gasteiger partial charge is 0.369 e. The number of aromatic nitrogens is 5. The number of nitrogens with zero attached hydrogens (tertiary/aromatic N) is 4. The van der Waals surface area contributed by atoms with E-state index in [4.69, 9.17) is 4.98 Å². The lowest BCUT2D eigenvalue weighted by molar-refractivity contribution is 0.621. The molecule has 2 N–H and O–H groups in total. The first-order chi connectivity index (χ1) is 12.8. The molecule has 3 aromatic heterocycles. The second-order valence-electron chi connectivity index (χ2n) is 6.41. The zero-order chi connectivity index (χ0) is 17.8. The minimum Gasteiger partial charge on any atom is -0.369 e. The van der Waals surface area contributed by atoms with E-state index in [9.17, 15) is 0 Å². The van der Waals surface area contributed by atoms with Crippen LogP contribution in [0.4, 0.5) is 5.82 Å². The molecular formula is C20H22N6. The summed E-state index contributed by atoms with van der Waals surface area (Å²) in [5.41, 5.74) is 2.98. The van der Waals surface area contributed by atoms with E-state index < -0.39 is 0 Å². The number of rotatable bonds is 7. The van der Waals surface area contributed by atoms with Crippen LogP contribution in [-0.4, -0.2) is 31.0 Å². The fourth-order valence-corrected chi connectivity index (χ4v) is 3.04. The van der Waals surface area contributed by atoms with Crippen LogP contribution in [-0.2, 0) is 6.54 Å². The molecule has 0 spiro atoms. The molecule has 6 heteroatoms. The average molecular weight is 346 g/mol. The number of benzene rings is 1. The summed E-state index contributed by atoms with van der Waals surface area (Å²) >= 11 is 0. The Labute approximate surface area is 152 Å². The van der Waals surface area contributed by atoms with Crippen molar-refractivity contribution in [3.8, 4) is 11.4 Å². The minimum absolute atomic E-state index is 0.737. The van der Waals surface area contributed by atoms with Gasteiger partial charge in [0.25, 0.3) is 0 Å². The van der Waals surface area contributed by atoms with Gasteiger partial charge in [0, 0.05) is 36.7 Å². The summed E-state index contributed by atoms with van der Waals surface area (Å²) in [4.78, 5) is 16.9. The third kappa shape index (κ3) is 3.59. The van der Waals surface area contributed by atoms with Crippen LogP contribution in [0.1, 0.15) is 18.5 Å². The average Bonchev–Trinajstić information content (AvgIpc) is 3.30. The van der Waals surface area contributed by atoms with Crippen LogP contribution in [0.25, 0.3) is 22.4 Å². The SMILES string of the molecule is Cc1cc2c(NCCCCn3ccnc3)nc(-c3ccccc3)nc2[nH]1. The van der Waals surface area contributed by atoms with Gasteiger partial charge in [0.05, 0.1) is 11.7 Å². The molecule has 0 fully saturated rings. The van der Waals surface area contributed by atoms with Gasteiger partial charge < -0.3 is 14.9 Å². The predicted molar refractivity (Wildman–Crippen MR) is 104 cm³/mol. The number of unbranched alkanes of at least 4 members (excludes halogenated alkanes) is 1. The molecule has 0 aliphatic rings. The van der Waals surface area contributed by atoms with Gasteiger partial charge in [0.2, 0.25) is 0 Å². The van der Waals surface area contributed by atoms with Crippen LogP contribution in [0.3, 0.4) is 0 Å². The molecule has 132 valence electrons. The number of hydrogen-bond acceptors (Lipinski definition) is 4. The maximum atomic E-state index is 4.77. The quantitative estimate of drug-likeness (QED) is 0.496. The summed E-state index contributed by atoms with van der Waals surface area (Å²) in [7, 11) is 0. The molecule has 6 nitrogen and oxygen atoms in total. The van der Waals surface area contributed by atoms with Crippen LogP contribution in [0.5, 0.6) is 0 Å². The van der Waals surface area contributed by atoms with Crippen molar-refractivity contribution in [2.24, 2.45) is 0 Å². The fourth-order valence-electron chi connectivity index (χ4n) is 3.04. The van der Waals surface area contributed by atoms with Gasteiger partial charge in [0.1, 0.15) is 11.5 Å². The van der Waals surface area contributed by atoms with E-state index in [0.29, 0.717) is 0 Å². The number of aromatic amines is 1. The van der Waals surface area contributed by atoms with Crippen molar-refractivity contribution in [2.45, 2.75) is 26.3 Å². The summed E-state index contributed by atoms with van der Waals surface area (Å²) < 4.78 is 2.10. The van der Waals surface area contributed by atoms with Crippen LogP contribution < -0.4 is 5.32 Å². The highest BCUT2D eigenvalue weighted by Gasteiger charge is 2.11. The summed E-state index contributed by atoms with van der Waals surface area (Å²) in [6, 6.07) is 12.2. The lowest BCUT2D eigenvalue weighted by Gasteiger charge is -2.09. The zero-order valence-corrected chi connectivity index (χ0v) is 14.8. The lowest BCUT2D eigenvalue weighted by Crippen LogP contribution is -2.06. The Bertz CT molecular complexity index is 972. The standard InChI is InChI=1S/C20H22N6/c1-15-13-17-19(22-9-5-6-11-26-12-10-21-14-26)24-18(25-20(17)23-15)16-7-3-2-4-8-16/h2-4,7-8,10,12-14H,5-6,9,11H2,1H3,(H2,22,23,24,25). The number of H-pyrrole nitrogens is 1. The van der Waals surface area contributed by atoms with Gasteiger partial charge in [-0.25, -0.2) is 15.0 Å². The minimum atomic E-state index is 0.737. The highest BCUT2D eigenvalue weighted by molar-refractivity contribution is 5.89. The van der Waals surface area contributed by atoms with Crippen molar-refractivity contribution in [1.82, 2.24) is 24.5 Å². The maximum absolute atomic E-state index is 4.77. The van der Waals surface area contributed by atoms with Crippen molar-refractivity contribution in [1.29, 1.82) is 0 Å². The second kappa shape index (κ2) is 7.39. The first kappa shape index (κ1) is 16.3. The molecule has 0 saturated heterocycles. The number of hydrogen-bond donors (Lipinski definition) is 2. The molecule has 3 heterocycles. The van der Waals surface area contributed by atoms with E-state index >= 15 is 0 Å². The van der Waals surface area contributed by atoms with Crippen LogP contribution in [0.15, 0.2) is 55.1 Å². The van der Waals surface area contributed by atoms with Crippen molar-refractivity contribution in [3.63, 3.8) is 0 Å². The summed E-state index contributed by atoms with van der Waals surface area (Å²) in [5.74, 6) is 1.63. The highest BCUT2D eigenvalue weighted by atomic mass is 15.1. The van der Waals surface area contributed by atoms with Crippen molar-refractivity contribution < 1.29 is 0 Å². The Morgan fingerprint density at radius 1 is 1.12 bits per heavy atom. The third-order valence-corrected chi connectivity index (χ3v) is 4.35. The molecule has 0 saturated carbocycles. The number of aryl methyl sites for hydroxylation is 2. The molecule has 4 rings (SSSR count). The second-order valence-corrected chi connectivity index (χ2v) is 6.41. The molecule has 0 atom stereocenters. The van der Waals surface area contributed by atoms with E-state index in [1.165, 1.54) is 0 Å². The van der Waals surface area contributed by atoms with Crippen molar-refractivity contribution in [2.75, 3.05) is 11.9 Å². The van der Waals surface area contributed by atoms with Gasteiger partial charge in [-0.2, -0.15) is 0 Å². The van der Waals surface area contributed by atoms with E-state index in [2.05, 4.69) is 30.9 Å². The maximum Gasteiger partial charge on any atom is 0.163 e. The van der Waals surface area contributed by atoms with Crippen molar-refractivity contribution in [3.05, 3.63) is 60.8 Å². The van der Waals surface area contributed by atoms with Gasteiger partial charge in [-0.3, -0.25) is 0 Å². The van der Waals surface area contributed by atoms with Gasteiger partial charge in [0.15, 0.2) is 5.82 Å². The number of nitrogens with one attached hydrogen (secondary N) is 2. The van der Waals surface area contributed by atoms with Gasteiger partial charge >= 0.3 is 0 Å². The molecule has 0 aliphatic carbocycles. The number of imidazole rings is 1. The normalized spacial score (nSPS) is 11.1.